The van der Waals surface area contributed by atoms with Crippen LogP contribution < -0.4 is 5.73 Å². The first kappa shape index (κ1) is 15.1. The van der Waals surface area contributed by atoms with Crippen LogP contribution in [0.3, 0.4) is 0 Å². The van der Waals surface area contributed by atoms with Crippen LogP contribution in [0.2, 0.25) is 0 Å². The summed E-state index contributed by atoms with van der Waals surface area (Å²) in [5, 5.41) is 8.85. The van der Waals surface area contributed by atoms with E-state index < -0.39 is 0 Å². The molecule has 5 heteroatoms. The van der Waals surface area contributed by atoms with Crippen molar-refractivity contribution in [2.45, 2.75) is 44.2 Å². The molecule has 0 aliphatic heterocycles. The van der Waals surface area contributed by atoms with E-state index in [2.05, 4.69) is 54.9 Å². The van der Waals surface area contributed by atoms with E-state index in [1.807, 2.05) is 6.07 Å². The van der Waals surface area contributed by atoms with Crippen molar-refractivity contribution in [2.24, 2.45) is 5.92 Å². The van der Waals surface area contributed by atoms with Crippen molar-refractivity contribution in [1.29, 1.82) is 0 Å². The summed E-state index contributed by atoms with van der Waals surface area (Å²) in [6.45, 7) is 6.42. The van der Waals surface area contributed by atoms with Gasteiger partial charge in [0.15, 0.2) is 6.04 Å². The van der Waals surface area contributed by atoms with Crippen LogP contribution >= 0.6 is 11.8 Å². The largest absolute Gasteiger partial charge is 0.410 e. The maximum atomic E-state index is 5.71. The number of quaternary nitrogens is 1. The monoisotopic (exact) mass is 292 g/mol. The summed E-state index contributed by atoms with van der Waals surface area (Å²) in [7, 11) is 0. The second kappa shape index (κ2) is 6.90. The van der Waals surface area contributed by atoms with E-state index in [1.165, 1.54) is 11.1 Å². The molecule has 0 spiro atoms. The lowest BCUT2D eigenvalue weighted by Crippen LogP contribution is -2.56. The molecule has 4 nitrogen and oxygen atoms in total. The molecule has 20 heavy (non-hydrogen) atoms. The zero-order valence-electron chi connectivity index (χ0n) is 12.3. The van der Waals surface area contributed by atoms with Crippen molar-refractivity contribution in [3.8, 4) is 0 Å². The van der Waals surface area contributed by atoms with Gasteiger partial charge in [-0.05, 0) is 24.5 Å². The van der Waals surface area contributed by atoms with Crippen LogP contribution in [-0.2, 0) is 5.75 Å². The predicted octanol–water partition coefficient (Wildman–Crippen LogP) is 3.00. The van der Waals surface area contributed by atoms with Crippen molar-refractivity contribution < 1.29 is 10.2 Å². The van der Waals surface area contributed by atoms with E-state index in [9.17, 15) is 0 Å². The molecule has 0 bridgehead atoms. The first-order valence-corrected chi connectivity index (χ1v) is 7.94. The van der Waals surface area contributed by atoms with Gasteiger partial charge in [0, 0.05) is 11.7 Å². The van der Waals surface area contributed by atoms with E-state index >= 15 is 0 Å². The van der Waals surface area contributed by atoms with Crippen LogP contribution in [0.25, 0.3) is 0 Å². The third kappa shape index (κ3) is 3.61. The number of aryl methyl sites for hydroxylation is 1. The van der Waals surface area contributed by atoms with Gasteiger partial charge in [0.05, 0.1) is 0 Å². The molecule has 0 radical (unpaired) electrons. The van der Waals surface area contributed by atoms with Gasteiger partial charge < -0.3 is 10.2 Å². The molecule has 1 aromatic heterocycles. The first-order chi connectivity index (χ1) is 9.61. The Morgan fingerprint density at radius 2 is 2.05 bits per heavy atom. The molecule has 2 atom stereocenters. The van der Waals surface area contributed by atoms with Gasteiger partial charge in [-0.3, -0.25) is 0 Å². The maximum Gasteiger partial charge on any atom is 0.277 e. The summed E-state index contributed by atoms with van der Waals surface area (Å²) in [6.07, 6.45) is 1.06. The van der Waals surface area contributed by atoms with Gasteiger partial charge in [0.2, 0.25) is 0 Å². The minimum Gasteiger partial charge on any atom is -0.410 e. The molecule has 1 aromatic carbocycles. The lowest BCUT2D eigenvalue weighted by molar-refractivity contribution is -0.444. The molecule has 0 saturated carbocycles. The van der Waals surface area contributed by atoms with Crippen molar-refractivity contribution in [1.82, 2.24) is 10.2 Å². The minimum atomic E-state index is 0.0697. The van der Waals surface area contributed by atoms with Crippen LogP contribution in [0.1, 0.15) is 43.3 Å². The summed E-state index contributed by atoms with van der Waals surface area (Å²) in [6, 6.07) is 8.41. The van der Waals surface area contributed by atoms with Gasteiger partial charge >= 0.3 is 0 Å². The van der Waals surface area contributed by atoms with Gasteiger partial charge in [0.1, 0.15) is 0 Å². The Morgan fingerprint density at radius 1 is 1.30 bits per heavy atom. The van der Waals surface area contributed by atoms with E-state index in [0.29, 0.717) is 17.0 Å². The van der Waals surface area contributed by atoms with E-state index in [1.54, 1.807) is 11.8 Å². The molecule has 0 amide bonds. The second-order valence-corrected chi connectivity index (χ2v) is 6.04. The number of rotatable bonds is 6. The summed E-state index contributed by atoms with van der Waals surface area (Å²) in [5.41, 5.74) is 6.70. The molecule has 1 heterocycles. The fraction of sp³-hybridized carbons (Fsp3) is 0.467. The highest BCUT2D eigenvalue weighted by atomic mass is 32.2. The Kier molecular flexibility index (Phi) is 5.20. The number of thioether (sulfide) groups is 1. The Hall–Kier alpha value is -1.33. The molecule has 0 saturated heterocycles. The van der Waals surface area contributed by atoms with Gasteiger partial charge in [-0.2, -0.15) is 0 Å². The van der Waals surface area contributed by atoms with Crippen molar-refractivity contribution in [2.75, 3.05) is 0 Å². The summed E-state index contributed by atoms with van der Waals surface area (Å²) >= 11 is 1.58. The third-order valence-electron chi connectivity index (χ3n) is 3.68. The highest BCUT2D eigenvalue weighted by Crippen LogP contribution is 2.26. The Labute approximate surface area is 124 Å². The first-order valence-electron chi connectivity index (χ1n) is 6.95. The second-order valence-electron chi connectivity index (χ2n) is 5.11. The van der Waals surface area contributed by atoms with Crippen molar-refractivity contribution in [3.63, 3.8) is 0 Å². The summed E-state index contributed by atoms with van der Waals surface area (Å²) < 4.78 is 5.71. The number of hydrogen-bond acceptors (Lipinski definition) is 4. The average Bonchev–Trinajstić information content (AvgIpc) is 2.93. The Morgan fingerprint density at radius 3 is 2.75 bits per heavy atom. The normalized spacial score (nSPS) is 14.2. The standard InChI is InChI=1S/C15H21N3OS/c1-4-10(2)13(16)14-17-18-15(19-14)20-9-12-8-6-5-7-11(12)3/h5-8,10,13H,4,9,16H2,1-3H3/p+1/t10-,13-/m0/s1. The minimum absolute atomic E-state index is 0.0697. The summed E-state index contributed by atoms with van der Waals surface area (Å²) in [5.74, 6) is 1.94. The Balaban J connectivity index is 1.98. The van der Waals surface area contributed by atoms with E-state index in [4.69, 9.17) is 4.42 Å². The molecule has 2 rings (SSSR count). The number of aromatic nitrogens is 2. The molecular weight excluding hydrogens is 270 g/mol. The molecule has 2 aromatic rings. The van der Waals surface area contributed by atoms with Crippen LogP contribution in [0.15, 0.2) is 33.9 Å². The lowest BCUT2D eigenvalue weighted by Gasteiger charge is -2.09. The topological polar surface area (TPSA) is 66.6 Å². The summed E-state index contributed by atoms with van der Waals surface area (Å²) in [4.78, 5) is 0. The maximum absolute atomic E-state index is 5.71. The van der Waals surface area contributed by atoms with Gasteiger partial charge in [0.25, 0.3) is 11.1 Å². The SMILES string of the molecule is CC[C@H](C)[C@H]([NH3+])c1nnc(SCc2ccccc2C)o1. The molecule has 0 fully saturated rings. The van der Waals surface area contributed by atoms with Crippen LogP contribution in [0.4, 0.5) is 0 Å². The van der Waals surface area contributed by atoms with Crippen molar-refractivity contribution in [3.05, 3.63) is 41.3 Å². The molecule has 108 valence electrons. The fourth-order valence-electron chi connectivity index (χ4n) is 1.87. The quantitative estimate of drug-likeness (QED) is 0.831. The average molecular weight is 292 g/mol. The number of hydrogen-bond donors (Lipinski definition) is 1. The van der Waals surface area contributed by atoms with E-state index in [0.717, 1.165) is 12.2 Å². The third-order valence-corrected chi connectivity index (χ3v) is 4.55. The molecule has 0 aliphatic carbocycles. The fourth-order valence-corrected chi connectivity index (χ4v) is 2.71. The zero-order chi connectivity index (χ0) is 14.5. The lowest BCUT2D eigenvalue weighted by atomic mass is 10.0. The Bertz CT molecular complexity index is 556. The molecule has 0 aliphatic rings. The highest BCUT2D eigenvalue weighted by molar-refractivity contribution is 7.98. The van der Waals surface area contributed by atoms with Gasteiger partial charge in [-0.1, -0.05) is 49.9 Å². The molecule has 0 unspecified atom stereocenters. The molecular formula is C15H22N3OS+. The smallest absolute Gasteiger partial charge is 0.277 e. The van der Waals surface area contributed by atoms with Crippen LogP contribution in [0, 0.1) is 12.8 Å². The molecule has 3 N–H and O–H groups in total. The van der Waals surface area contributed by atoms with Crippen LogP contribution in [0.5, 0.6) is 0 Å². The zero-order valence-corrected chi connectivity index (χ0v) is 13.1. The predicted molar refractivity (Wildman–Crippen MR) is 80.1 cm³/mol. The van der Waals surface area contributed by atoms with Crippen molar-refractivity contribution >= 4 is 11.8 Å². The van der Waals surface area contributed by atoms with E-state index in [-0.39, 0.29) is 6.04 Å². The van der Waals surface area contributed by atoms with Crippen LogP contribution in [-0.4, -0.2) is 10.2 Å². The number of benzene rings is 1. The van der Waals surface area contributed by atoms with Gasteiger partial charge in [-0.25, -0.2) is 0 Å². The number of nitrogens with zero attached hydrogens (tertiary/aromatic N) is 2. The highest BCUT2D eigenvalue weighted by Gasteiger charge is 2.23. The van der Waals surface area contributed by atoms with Gasteiger partial charge in [-0.15, -0.1) is 10.2 Å².